The monoisotopic (exact) mass is 600 g/mol. The average molecular weight is 601 g/mol. The van der Waals surface area contributed by atoms with E-state index >= 15 is 0 Å². The van der Waals surface area contributed by atoms with Gasteiger partial charge >= 0.3 is 12.7 Å². The SMILES string of the molecule is CC(C)=CCc1c(OCCCC[N+]2=C[N+](C)=CC2)ccc(C(=O)/C=C/c2ccc(OCCCC[N+]3=C[N+](C)=CC3)cc2)c1O. The van der Waals surface area contributed by atoms with Crippen molar-refractivity contribution in [2.24, 2.45) is 0 Å². The molecular weight excluding hydrogens is 552 g/mol. The van der Waals surface area contributed by atoms with Crippen LogP contribution in [-0.2, 0) is 6.42 Å². The van der Waals surface area contributed by atoms with E-state index in [2.05, 4.69) is 43.4 Å². The number of phenols is 1. The Labute approximate surface area is 261 Å². The summed E-state index contributed by atoms with van der Waals surface area (Å²) in [5.41, 5.74) is 2.93. The predicted molar refractivity (Wildman–Crippen MR) is 177 cm³/mol. The fourth-order valence-electron chi connectivity index (χ4n) is 5.07. The molecule has 0 amide bonds. The maximum Gasteiger partial charge on any atom is 0.401 e. The average Bonchev–Trinajstić information content (AvgIpc) is 3.62. The lowest BCUT2D eigenvalue weighted by atomic mass is 10.00. The number of carbonyl (C=O) groups is 1. The number of carbonyl (C=O) groups excluding carboxylic acids is 1. The van der Waals surface area contributed by atoms with Gasteiger partial charge < -0.3 is 14.6 Å². The van der Waals surface area contributed by atoms with E-state index in [1.54, 1.807) is 18.2 Å². The van der Waals surface area contributed by atoms with Crippen molar-refractivity contribution in [1.82, 2.24) is 0 Å². The molecule has 8 heteroatoms. The Hall–Kier alpha value is -4.33. The number of allylic oxidation sites excluding steroid dienone is 3. The summed E-state index contributed by atoms with van der Waals surface area (Å²) in [5, 5.41) is 11.1. The molecule has 0 bridgehead atoms. The summed E-state index contributed by atoms with van der Waals surface area (Å²) in [6.45, 7) is 9.17. The van der Waals surface area contributed by atoms with Crippen LogP contribution in [0.15, 0.2) is 54.1 Å². The molecule has 8 nitrogen and oxygen atoms in total. The third-order valence-electron chi connectivity index (χ3n) is 7.63. The second-order valence-corrected chi connectivity index (χ2v) is 11.7. The lowest BCUT2D eigenvalue weighted by molar-refractivity contribution is -0.531. The number of ketones is 1. The van der Waals surface area contributed by atoms with E-state index in [0.29, 0.717) is 30.9 Å². The summed E-state index contributed by atoms with van der Waals surface area (Å²) in [5.74, 6) is 1.16. The molecule has 0 fully saturated rings. The molecule has 2 aliphatic heterocycles. The summed E-state index contributed by atoms with van der Waals surface area (Å²) >= 11 is 0. The van der Waals surface area contributed by atoms with Gasteiger partial charge in [-0.2, -0.15) is 18.3 Å². The van der Waals surface area contributed by atoms with Crippen LogP contribution in [-0.4, -0.2) is 108 Å². The van der Waals surface area contributed by atoms with E-state index in [1.807, 2.05) is 58.3 Å². The molecule has 0 aromatic heterocycles. The molecule has 2 aliphatic rings. The van der Waals surface area contributed by atoms with Crippen molar-refractivity contribution >= 4 is 37.0 Å². The van der Waals surface area contributed by atoms with Crippen molar-refractivity contribution in [1.29, 1.82) is 0 Å². The topological polar surface area (TPSA) is 67.8 Å². The molecule has 2 aromatic rings. The van der Waals surface area contributed by atoms with Gasteiger partial charge in [0.05, 0.1) is 18.8 Å². The van der Waals surface area contributed by atoms with Crippen LogP contribution >= 0.6 is 0 Å². The number of ether oxygens (including phenoxy) is 2. The van der Waals surface area contributed by atoms with Crippen LogP contribution in [0.5, 0.6) is 17.2 Å². The van der Waals surface area contributed by atoms with E-state index < -0.39 is 0 Å². The van der Waals surface area contributed by atoms with Crippen molar-refractivity contribution in [2.45, 2.75) is 46.0 Å². The van der Waals surface area contributed by atoms with Gasteiger partial charge in [0.2, 0.25) is 25.5 Å². The first-order valence-corrected chi connectivity index (χ1v) is 15.6. The van der Waals surface area contributed by atoms with Gasteiger partial charge in [0, 0.05) is 18.4 Å². The molecule has 2 aromatic carbocycles. The van der Waals surface area contributed by atoms with Crippen LogP contribution < -0.4 is 9.47 Å². The first kappa shape index (κ1) is 32.6. The van der Waals surface area contributed by atoms with Crippen LogP contribution in [0, 0.1) is 0 Å². The highest BCUT2D eigenvalue weighted by molar-refractivity contribution is 6.09. The number of hydrogen-bond acceptors (Lipinski definition) is 4. The Kier molecular flexibility index (Phi) is 12.2. The molecule has 0 saturated heterocycles. The van der Waals surface area contributed by atoms with Crippen molar-refractivity contribution in [2.75, 3.05) is 53.5 Å². The first-order valence-electron chi connectivity index (χ1n) is 15.6. The van der Waals surface area contributed by atoms with Crippen molar-refractivity contribution < 1.29 is 37.7 Å². The van der Waals surface area contributed by atoms with Gasteiger partial charge in [-0.05, 0) is 69.0 Å². The van der Waals surface area contributed by atoms with Gasteiger partial charge in [-0.15, -0.1) is 0 Å². The minimum atomic E-state index is -0.254. The Morgan fingerprint density at radius 1 is 0.841 bits per heavy atom. The molecule has 4 rings (SSSR count). The molecule has 0 spiro atoms. The standard InChI is InChI=1S/C36H47N4O4/c1-29(2)9-15-33-35(44-26-8-6-20-40-24-22-38(4)28-40)18-16-32(36(33)42)34(41)17-12-30-10-13-31(14-11-30)43-25-7-5-19-39-23-21-37(3)27-39/h9-14,16-18,21-22,27-28H,5-8,15,19-20,23-26H2,1-4H3/q+3/p+1/b17-12+. The summed E-state index contributed by atoms with van der Waals surface area (Å²) in [7, 11) is 4.09. The molecule has 0 aliphatic carbocycles. The van der Waals surface area contributed by atoms with Crippen LogP contribution in [0.2, 0.25) is 0 Å². The second kappa shape index (κ2) is 16.5. The predicted octanol–water partition coefficient (Wildman–Crippen LogP) is 4.65. The molecule has 0 saturated carbocycles. The van der Waals surface area contributed by atoms with E-state index in [4.69, 9.17) is 9.47 Å². The van der Waals surface area contributed by atoms with Crippen LogP contribution in [0.4, 0.5) is 0 Å². The van der Waals surface area contributed by atoms with Crippen molar-refractivity contribution in [3.05, 3.63) is 70.8 Å². The largest absolute Gasteiger partial charge is 0.507 e. The summed E-state index contributed by atoms with van der Waals surface area (Å²) in [6.07, 6.45) is 18.3. The highest BCUT2D eigenvalue weighted by Crippen LogP contribution is 2.33. The van der Waals surface area contributed by atoms with E-state index in [0.717, 1.165) is 68.7 Å². The van der Waals surface area contributed by atoms with Crippen molar-refractivity contribution in [3.63, 3.8) is 0 Å². The highest BCUT2D eigenvalue weighted by atomic mass is 16.5. The number of unbranched alkanes of at least 4 members (excludes halogenated alkanes) is 2. The lowest BCUT2D eigenvalue weighted by Crippen LogP contribution is -2.14. The zero-order chi connectivity index (χ0) is 31.3. The number of nitrogens with zero attached hydrogens (tertiary/aromatic N) is 4. The quantitative estimate of drug-likeness (QED) is 0.0944. The minimum absolute atomic E-state index is 0.0172. The molecule has 0 atom stereocenters. The number of benzene rings is 2. The molecule has 2 heterocycles. The van der Waals surface area contributed by atoms with Gasteiger partial charge in [0.15, 0.2) is 5.78 Å². The highest BCUT2D eigenvalue weighted by Gasteiger charge is 2.18. The third kappa shape index (κ3) is 10.1. The Bertz CT molecular complexity index is 1490. The number of rotatable bonds is 17. The lowest BCUT2D eigenvalue weighted by Gasteiger charge is -2.14. The molecule has 44 heavy (non-hydrogen) atoms. The Balaban J connectivity index is 1.28. The van der Waals surface area contributed by atoms with E-state index in [9.17, 15) is 9.90 Å². The number of aromatic hydroxyl groups is 1. The Morgan fingerprint density at radius 3 is 2.02 bits per heavy atom. The summed E-state index contributed by atoms with van der Waals surface area (Å²) < 4.78 is 20.7. The van der Waals surface area contributed by atoms with Gasteiger partial charge in [0.1, 0.15) is 44.4 Å². The van der Waals surface area contributed by atoms with Crippen LogP contribution in [0.3, 0.4) is 0 Å². The maximum atomic E-state index is 13.1. The van der Waals surface area contributed by atoms with Gasteiger partial charge in [-0.25, -0.2) is 0 Å². The van der Waals surface area contributed by atoms with Crippen molar-refractivity contribution in [3.8, 4) is 17.2 Å². The second-order valence-electron chi connectivity index (χ2n) is 11.7. The fraction of sp³-hybridized carbons (Fsp3) is 0.417. The van der Waals surface area contributed by atoms with E-state index in [-0.39, 0.29) is 17.1 Å². The first-order chi connectivity index (χ1) is 21.3. The molecule has 0 radical (unpaired) electrons. The molecule has 0 unspecified atom stereocenters. The van der Waals surface area contributed by atoms with Gasteiger partial charge in [0.25, 0.3) is 0 Å². The zero-order valence-electron chi connectivity index (χ0n) is 26.7. The third-order valence-corrected chi connectivity index (χ3v) is 7.63. The molecule has 232 valence electrons. The van der Waals surface area contributed by atoms with Crippen LogP contribution in [0.1, 0.15) is 61.0 Å². The Morgan fingerprint density at radius 2 is 1.45 bits per heavy atom. The normalized spacial score (nSPS) is 14.3. The van der Waals surface area contributed by atoms with Gasteiger partial charge in [-0.1, -0.05) is 29.9 Å². The number of hydrogen-bond donors (Lipinski definition) is 1. The van der Waals surface area contributed by atoms with Gasteiger partial charge in [-0.3, -0.25) is 4.79 Å². The summed E-state index contributed by atoms with van der Waals surface area (Å²) in [4.78, 5) is 13.1. The molecule has 1 N–H and O–H groups in total. The fourth-order valence-corrected chi connectivity index (χ4v) is 5.07. The summed E-state index contributed by atoms with van der Waals surface area (Å²) in [6, 6.07) is 11.2. The zero-order valence-corrected chi connectivity index (χ0v) is 26.7. The number of phenolic OH excluding ortho intramolecular Hbond substituents is 1. The maximum absolute atomic E-state index is 13.1. The molecular formula is C36H48N4O4+4. The minimum Gasteiger partial charge on any atom is -0.507 e. The smallest absolute Gasteiger partial charge is 0.401 e. The van der Waals surface area contributed by atoms with Crippen LogP contribution in [0.25, 0.3) is 6.08 Å². The van der Waals surface area contributed by atoms with E-state index in [1.165, 1.54) is 6.08 Å².